The van der Waals surface area contributed by atoms with Crippen molar-refractivity contribution in [2.45, 2.75) is 6.10 Å². The van der Waals surface area contributed by atoms with E-state index in [1.165, 1.54) is 0 Å². The Morgan fingerprint density at radius 2 is 2.00 bits per heavy atom. The molecule has 0 heterocycles. The minimum Gasteiger partial charge on any atom is -0.506 e. The Balaban J connectivity index is 3.33. The molecule has 6 heteroatoms. The van der Waals surface area contributed by atoms with Crippen molar-refractivity contribution < 1.29 is 14.6 Å². The number of aliphatic hydroxyl groups is 1. The van der Waals surface area contributed by atoms with Gasteiger partial charge in [-0.15, -0.1) is 0 Å². The lowest BCUT2D eigenvalue weighted by Crippen LogP contribution is -2.12. The van der Waals surface area contributed by atoms with Crippen LogP contribution in [0, 0.1) is 5.82 Å². The highest BCUT2D eigenvalue weighted by molar-refractivity contribution is 6.43. The second-order valence-electron chi connectivity index (χ2n) is 2.68. The second-order valence-corrected chi connectivity index (χ2v) is 3.43. The topological polar surface area (TPSA) is 66.5 Å². The molecule has 1 aromatic carbocycles. The van der Waals surface area contributed by atoms with Crippen LogP contribution in [0.5, 0.6) is 5.75 Å². The third-order valence-electron chi connectivity index (χ3n) is 1.75. The molecule has 0 spiro atoms. The van der Waals surface area contributed by atoms with Crippen molar-refractivity contribution >= 4 is 23.2 Å². The Kier molecular flexibility index (Phi) is 3.55. The van der Waals surface area contributed by atoms with Crippen LogP contribution in [0.2, 0.25) is 10.0 Å². The number of phenolic OH excluding ortho intramolecular Hbond substituents is 1. The summed E-state index contributed by atoms with van der Waals surface area (Å²) in [6, 6.07) is 0.904. The molecule has 1 aromatic rings. The van der Waals surface area contributed by atoms with E-state index in [2.05, 4.69) is 0 Å². The van der Waals surface area contributed by atoms with E-state index in [0.29, 0.717) is 0 Å². The number of benzene rings is 1. The van der Waals surface area contributed by atoms with Crippen LogP contribution in [-0.4, -0.2) is 16.8 Å². The van der Waals surface area contributed by atoms with E-state index in [4.69, 9.17) is 28.9 Å². The number of nitrogens with two attached hydrogens (primary N) is 1. The first kappa shape index (κ1) is 11.5. The molecule has 0 aliphatic heterocycles. The smallest absolute Gasteiger partial charge is 0.143 e. The van der Waals surface area contributed by atoms with Crippen LogP contribution in [0.25, 0.3) is 0 Å². The SMILES string of the molecule is NCC(O)c1cc(F)c(Cl)c(Cl)c1O. The number of phenols is 1. The lowest BCUT2D eigenvalue weighted by molar-refractivity contribution is 0.182. The minimum absolute atomic E-state index is 0.0700. The largest absolute Gasteiger partial charge is 0.506 e. The summed E-state index contributed by atoms with van der Waals surface area (Å²) in [4.78, 5) is 0. The maximum atomic E-state index is 13.0. The molecule has 1 atom stereocenters. The number of aromatic hydroxyl groups is 1. The van der Waals surface area contributed by atoms with Gasteiger partial charge in [0.15, 0.2) is 0 Å². The second kappa shape index (κ2) is 4.31. The third kappa shape index (κ3) is 1.93. The molecule has 0 saturated heterocycles. The summed E-state index contributed by atoms with van der Waals surface area (Å²) < 4.78 is 13.0. The molecule has 3 nitrogen and oxygen atoms in total. The standard InChI is InChI=1S/C8H8Cl2FNO2/c9-6-4(11)1-3(5(13)2-12)8(14)7(6)10/h1,5,13-14H,2,12H2. The van der Waals surface area contributed by atoms with E-state index in [1.54, 1.807) is 0 Å². The molecular formula is C8H8Cl2FNO2. The quantitative estimate of drug-likeness (QED) is 0.691. The Hall–Kier alpha value is -0.550. The summed E-state index contributed by atoms with van der Waals surface area (Å²) in [6.07, 6.45) is -1.17. The zero-order valence-electron chi connectivity index (χ0n) is 6.97. The Morgan fingerprint density at radius 3 is 2.50 bits per heavy atom. The number of hydrogen-bond donors (Lipinski definition) is 3. The lowest BCUT2D eigenvalue weighted by atomic mass is 10.1. The van der Waals surface area contributed by atoms with E-state index in [9.17, 15) is 14.6 Å². The molecule has 0 bridgehead atoms. The molecule has 1 rings (SSSR count). The maximum Gasteiger partial charge on any atom is 0.143 e. The fourth-order valence-electron chi connectivity index (χ4n) is 0.985. The fraction of sp³-hybridized carbons (Fsp3) is 0.250. The first-order chi connectivity index (χ1) is 6.49. The van der Waals surface area contributed by atoms with Crippen LogP contribution in [-0.2, 0) is 0 Å². The van der Waals surface area contributed by atoms with Crippen molar-refractivity contribution in [3.05, 3.63) is 27.5 Å². The molecule has 0 fully saturated rings. The average molecular weight is 240 g/mol. The molecule has 14 heavy (non-hydrogen) atoms. The van der Waals surface area contributed by atoms with Crippen LogP contribution >= 0.6 is 23.2 Å². The average Bonchev–Trinajstić information content (AvgIpc) is 2.19. The molecule has 0 radical (unpaired) electrons. The van der Waals surface area contributed by atoms with Gasteiger partial charge in [-0.2, -0.15) is 0 Å². The maximum absolute atomic E-state index is 13.0. The summed E-state index contributed by atoms with van der Waals surface area (Å²) in [5.74, 6) is -1.26. The van der Waals surface area contributed by atoms with Gasteiger partial charge in [0.1, 0.15) is 16.6 Å². The zero-order chi connectivity index (χ0) is 10.9. The first-order valence-corrected chi connectivity index (χ1v) is 4.49. The van der Waals surface area contributed by atoms with Crippen molar-refractivity contribution in [2.24, 2.45) is 5.73 Å². The van der Waals surface area contributed by atoms with Crippen LogP contribution < -0.4 is 5.73 Å². The summed E-state index contributed by atoms with van der Waals surface area (Å²) in [5, 5.41) is 18.0. The van der Waals surface area contributed by atoms with E-state index in [-0.39, 0.29) is 22.2 Å². The normalized spacial score (nSPS) is 12.9. The van der Waals surface area contributed by atoms with Gasteiger partial charge in [0, 0.05) is 12.1 Å². The molecule has 0 saturated carbocycles. The predicted octanol–water partition coefficient (Wildman–Crippen LogP) is 1.83. The Bertz CT molecular complexity index is 360. The molecule has 0 aliphatic rings. The summed E-state index contributed by atoms with van der Waals surface area (Å²) in [6.45, 7) is -0.148. The van der Waals surface area contributed by atoms with Crippen molar-refractivity contribution in [1.29, 1.82) is 0 Å². The number of rotatable bonds is 2. The number of halogens is 3. The molecule has 1 unspecified atom stereocenters. The monoisotopic (exact) mass is 239 g/mol. The zero-order valence-corrected chi connectivity index (χ0v) is 8.48. The van der Waals surface area contributed by atoms with Crippen LogP contribution in [0.1, 0.15) is 11.7 Å². The Labute approximate surface area is 89.9 Å². The molecule has 0 aromatic heterocycles. The van der Waals surface area contributed by atoms with E-state index < -0.39 is 17.7 Å². The highest BCUT2D eigenvalue weighted by Crippen LogP contribution is 2.38. The predicted molar refractivity (Wildman–Crippen MR) is 52.1 cm³/mol. The van der Waals surface area contributed by atoms with Crippen molar-refractivity contribution in [1.82, 2.24) is 0 Å². The molecule has 0 aliphatic carbocycles. The first-order valence-electron chi connectivity index (χ1n) is 3.73. The molecule has 4 N–H and O–H groups in total. The van der Waals surface area contributed by atoms with Crippen molar-refractivity contribution in [3.8, 4) is 5.75 Å². The molecule has 0 amide bonds. The van der Waals surface area contributed by atoms with Gasteiger partial charge in [-0.1, -0.05) is 23.2 Å². The van der Waals surface area contributed by atoms with Gasteiger partial charge in [-0.3, -0.25) is 0 Å². The lowest BCUT2D eigenvalue weighted by Gasteiger charge is -2.12. The van der Waals surface area contributed by atoms with Gasteiger partial charge in [0.25, 0.3) is 0 Å². The summed E-state index contributed by atoms with van der Waals surface area (Å²) >= 11 is 10.9. The summed E-state index contributed by atoms with van der Waals surface area (Å²) in [7, 11) is 0. The highest BCUT2D eigenvalue weighted by Gasteiger charge is 2.19. The van der Waals surface area contributed by atoms with Crippen molar-refractivity contribution in [3.63, 3.8) is 0 Å². The van der Waals surface area contributed by atoms with Crippen LogP contribution in [0.3, 0.4) is 0 Å². The minimum atomic E-state index is -1.17. The van der Waals surface area contributed by atoms with Gasteiger partial charge >= 0.3 is 0 Å². The highest BCUT2D eigenvalue weighted by atomic mass is 35.5. The van der Waals surface area contributed by atoms with E-state index >= 15 is 0 Å². The van der Waals surface area contributed by atoms with Gasteiger partial charge < -0.3 is 15.9 Å². The third-order valence-corrected chi connectivity index (χ3v) is 2.58. The van der Waals surface area contributed by atoms with E-state index in [0.717, 1.165) is 6.07 Å². The van der Waals surface area contributed by atoms with Gasteiger partial charge in [0.05, 0.1) is 11.1 Å². The van der Waals surface area contributed by atoms with Crippen LogP contribution in [0.15, 0.2) is 6.07 Å². The van der Waals surface area contributed by atoms with Gasteiger partial charge in [-0.05, 0) is 6.07 Å². The fourth-order valence-corrected chi connectivity index (χ4v) is 1.33. The van der Waals surface area contributed by atoms with E-state index in [1.807, 2.05) is 0 Å². The Morgan fingerprint density at radius 1 is 1.43 bits per heavy atom. The number of aliphatic hydroxyl groups excluding tert-OH is 1. The number of hydrogen-bond acceptors (Lipinski definition) is 3. The molecule has 78 valence electrons. The van der Waals surface area contributed by atoms with Gasteiger partial charge in [0.2, 0.25) is 0 Å². The summed E-state index contributed by atoms with van der Waals surface area (Å²) in [5.41, 5.74) is 5.08. The van der Waals surface area contributed by atoms with Crippen molar-refractivity contribution in [2.75, 3.05) is 6.54 Å². The van der Waals surface area contributed by atoms with Gasteiger partial charge in [-0.25, -0.2) is 4.39 Å². The van der Waals surface area contributed by atoms with Crippen LogP contribution in [0.4, 0.5) is 4.39 Å². The molecular weight excluding hydrogens is 232 g/mol.